The van der Waals surface area contributed by atoms with Gasteiger partial charge in [0.05, 0.1) is 12.2 Å². The molecule has 0 aliphatic carbocycles. The number of benzene rings is 1. The maximum absolute atomic E-state index is 12.3. The number of aryl methyl sites for hydroxylation is 1. The molecule has 3 rings (SSSR count). The van der Waals surface area contributed by atoms with Crippen LogP contribution in [-0.4, -0.2) is 20.8 Å². The van der Waals surface area contributed by atoms with Crippen molar-refractivity contribution < 1.29 is 9.32 Å². The standard InChI is InChI=1S/C18H19ClN4O2/c1-11(2)15-9-17(23(3)21-15)18(24)20-10-14-8-16(22-25-14)12-5-4-6-13(19)7-12/h4-9,11H,10H2,1-3H3,(H,20,24). The van der Waals surface area contributed by atoms with Gasteiger partial charge in [-0.25, -0.2) is 0 Å². The Kier molecular flexibility index (Phi) is 4.90. The van der Waals surface area contributed by atoms with Crippen LogP contribution in [0.25, 0.3) is 11.3 Å². The molecule has 0 saturated heterocycles. The van der Waals surface area contributed by atoms with Crippen LogP contribution in [0.15, 0.2) is 40.9 Å². The highest BCUT2D eigenvalue weighted by atomic mass is 35.5. The van der Waals surface area contributed by atoms with E-state index in [-0.39, 0.29) is 18.4 Å². The lowest BCUT2D eigenvalue weighted by molar-refractivity contribution is 0.0937. The van der Waals surface area contributed by atoms with Crippen molar-refractivity contribution in [2.24, 2.45) is 7.05 Å². The Hall–Kier alpha value is -2.60. The highest BCUT2D eigenvalue weighted by Crippen LogP contribution is 2.22. The van der Waals surface area contributed by atoms with Gasteiger partial charge in [0.15, 0.2) is 5.76 Å². The minimum absolute atomic E-state index is 0.206. The summed E-state index contributed by atoms with van der Waals surface area (Å²) in [7, 11) is 1.76. The molecule has 1 N–H and O–H groups in total. The maximum atomic E-state index is 12.3. The third-order valence-corrected chi connectivity index (χ3v) is 4.06. The predicted molar refractivity (Wildman–Crippen MR) is 95.4 cm³/mol. The first-order valence-electron chi connectivity index (χ1n) is 7.97. The molecule has 1 amide bonds. The lowest BCUT2D eigenvalue weighted by Crippen LogP contribution is -2.24. The maximum Gasteiger partial charge on any atom is 0.269 e. The Bertz CT molecular complexity index is 898. The van der Waals surface area contributed by atoms with Crippen LogP contribution in [0.3, 0.4) is 0 Å². The average Bonchev–Trinajstić information content (AvgIpc) is 3.19. The summed E-state index contributed by atoms with van der Waals surface area (Å²) in [5.74, 6) is 0.625. The molecule has 0 unspecified atom stereocenters. The van der Waals surface area contributed by atoms with Gasteiger partial charge in [-0.2, -0.15) is 5.10 Å². The van der Waals surface area contributed by atoms with Gasteiger partial charge in [-0.05, 0) is 24.1 Å². The van der Waals surface area contributed by atoms with Gasteiger partial charge in [-0.15, -0.1) is 0 Å². The Morgan fingerprint density at radius 3 is 2.80 bits per heavy atom. The van der Waals surface area contributed by atoms with E-state index in [0.717, 1.165) is 11.3 Å². The molecular weight excluding hydrogens is 340 g/mol. The number of nitrogens with zero attached hydrogens (tertiary/aromatic N) is 3. The van der Waals surface area contributed by atoms with Crippen LogP contribution in [0.4, 0.5) is 0 Å². The third kappa shape index (κ3) is 3.91. The summed E-state index contributed by atoms with van der Waals surface area (Å²) in [6.07, 6.45) is 0. The molecule has 7 heteroatoms. The van der Waals surface area contributed by atoms with Crippen LogP contribution in [0.1, 0.15) is 41.7 Å². The monoisotopic (exact) mass is 358 g/mol. The van der Waals surface area contributed by atoms with Gasteiger partial charge < -0.3 is 9.84 Å². The average molecular weight is 359 g/mol. The molecule has 2 heterocycles. The first kappa shape index (κ1) is 17.2. The number of hydrogen-bond donors (Lipinski definition) is 1. The van der Waals surface area contributed by atoms with E-state index in [0.29, 0.717) is 22.2 Å². The number of carbonyl (C=O) groups is 1. The molecule has 0 radical (unpaired) electrons. The Balaban J connectivity index is 1.67. The second kappa shape index (κ2) is 7.11. The Labute approximate surface area is 150 Å². The molecule has 0 atom stereocenters. The van der Waals surface area contributed by atoms with Crippen molar-refractivity contribution in [2.45, 2.75) is 26.3 Å². The van der Waals surface area contributed by atoms with Crippen molar-refractivity contribution in [3.63, 3.8) is 0 Å². The van der Waals surface area contributed by atoms with Gasteiger partial charge in [0, 0.05) is 23.7 Å². The lowest BCUT2D eigenvalue weighted by Gasteiger charge is -2.02. The van der Waals surface area contributed by atoms with Crippen LogP contribution in [0.2, 0.25) is 5.02 Å². The number of amides is 1. The second-order valence-electron chi connectivity index (χ2n) is 6.10. The highest BCUT2D eigenvalue weighted by Gasteiger charge is 2.15. The molecular formula is C18H19ClN4O2. The molecule has 0 aliphatic rings. The van der Waals surface area contributed by atoms with Crippen LogP contribution in [0.5, 0.6) is 0 Å². The van der Waals surface area contributed by atoms with E-state index in [2.05, 4.69) is 15.6 Å². The Morgan fingerprint density at radius 1 is 1.32 bits per heavy atom. The number of carbonyl (C=O) groups excluding carboxylic acids is 1. The number of aromatic nitrogens is 3. The molecule has 3 aromatic rings. The van der Waals surface area contributed by atoms with Gasteiger partial charge in [0.2, 0.25) is 0 Å². The molecule has 1 aromatic carbocycles. The van der Waals surface area contributed by atoms with Crippen molar-refractivity contribution >= 4 is 17.5 Å². The van der Waals surface area contributed by atoms with Crippen molar-refractivity contribution in [2.75, 3.05) is 0 Å². The highest BCUT2D eigenvalue weighted by molar-refractivity contribution is 6.30. The first-order chi connectivity index (χ1) is 11.9. The predicted octanol–water partition coefficient (Wildman–Crippen LogP) is 3.78. The molecule has 0 aliphatic heterocycles. The van der Waals surface area contributed by atoms with Gasteiger partial charge in [-0.3, -0.25) is 9.48 Å². The van der Waals surface area contributed by atoms with Gasteiger partial charge >= 0.3 is 0 Å². The zero-order valence-electron chi connectivity index (χ0n) is 14.3. The molecule has 0 spiro atoms. The van der Waals surface area contributed by atoms with E-state index in [4.69, 9.17) is 16.1 Å². The smallest absolute Gasteiger partial charge is 0.269 e. The molecule has 0 fully saturated rings. The quantitative estimate of drug-likeness (QED) is 0.753. The third-order valence-electron chi connectivity index (χ3n) is 3.83. The number of nitrogens with one attached hydrogen (secondary N) is 1. The molecule has 6 nitrogen and oxygen atoms in total. The fraction of sp³-hybridized carbons (Fsp3) is 0.278. The van der Waals surface area contributed by atoms with E-state index in [1.165, 1.54) is 0 Å². The van der Waals surface area contributed by atoms with Crippen LogP contribution in [0, 0.1) is 0 Å². The topological polar surface area (TPSA) is 73.0 Å². The summed E-state index contributed by atoms with van der Waals surface area (Å²) < 4.78 is 6.87. The summed E-state index contributed by atoms with van der Waals surface area (Å²) in [5.41, 5.74) is 2.94. The SMILES string of the molecule is CC(C)c1cc(C(=O)NCc2cc(-c3cccc(Cl)c3)no2)n(C)n1. The molecule has 130 valence electrons. The van der Waals surface area contributed by atoms with E-state index < -0.39 is 0 Å². The minimum Gasteiger partial charge on any atom is -0.359 e. The van der Waals surface area contributed by atoms with E-state index in [1.807, 2.05) is 32.0 Å². The minimum atomic E-state index is -0.206. The van der Waals surface area contributed by atoms with E-state index >= 15 is 0 Å². The molecule has 25 heavy (non-hydrogen) atoms. The van der Waals surface area contributed by atoms with E-state index in [1.54, 1.807) is 29.9 Å². The second-order valence-corrected chi connectivity index (χ2v) is 6.54. The van der Waals surface area contributed by atoms with E-state index in [9.17, 15) is 4.79 Å². The Morgan fingerprint density at radius 2 is 2.12 bits per heavy atom. The number of rotatable bonds is 5. The zero-order valence-corrected chi connectivity index (χ0v) is 15.0. The van der Waals surface area contributed by atoms with Crippen molar-refractivity contribution in [1.82, 2.24) is 20.3 Å². The van der Waals surface area contributed by atoms with Crippen molar-refractivity contribution in [3.8, 4) is 11.3 Å². The van der Waals surface area contributed by atoms with Gasteiger partial charge in [0.1, 0.15) is 11.4 Å². The van der Waals surface area contributed by atoms with Crippen molar-refractivity contribution in [1.29, 1.82) is 0 Å². The van der Waals surface area contributed by atoms with Gasteiger partial charge in [0.25, 0.3) is 5.91 Å². The summed E-state index contributed by atoms with van der Waals surface area (Å²) >= 11 is 5.99. The zero-order chi connectivity index (χ0) is 18.0. The van der Waals surface area contributed by atoms with Crippen molar-refractivity contribution in [3.05, 3.63) is 58.6 Å². The van der Waals surface area contributed by atoms with Gasteiger partial charge in [-0.1, -0.05) is 42.7 Å². The van der Waals surface area contributed by atoms with Crippen LogP contribution in [-0.2, 0) is 13.6 Å². The lowest BCUT2D eigenvalue weighted by atomic mass is 10.1. The molecule has 0 saturated carbocycles. The number of hydrogen-bond acceptors (Lipinski definition) is 4. The summed E-state index contributed by atoms with van der Waals surface area (Å²) in [6, 6.07) is 10.9. The summed E-state index contributed by atoms with van der Waals surface area (Å²) in [5, 5.41) is 11.8. The normalized spacial score (nSPS) is 11.1. The first-order valence-corrected chi connectivity index (χ1v) is 8.35. The summed E-state index contributed by atoms with van der Waals surface area (Å²) in [6.45, 7) is 4.32. The number of halogens is 1. The molecule has 2 aromatic heterocycles. The fourth-order valence-electron chi connectivity index (χ4n) is 2.42. The van der Waals surface area contributed by atoms with Crippen LogP contribution < -0.4 is 5.32 Å². The van der Waals surface area contributed by atoms with Crippen LogP contribution >= 0.6 is 11.6 Å². The fourth-order valence-corrected chi connectivity index (χ4v) is 2.61. The summed E-state index contributed by atoms with van der Waals surface area (Å²) in [4.78, 5) is 12.3. The molecule has 0 bridgehead atoms. The largest absolute Gasteiger partial charge is 0.359 e.